The number of ether oxygens (including phenoxy) is 1. The summed E-state index contributed by atoms with van der Waals surface area (Å²) in [7, 11) is 1.60. The fourth-order valence-corrected chi connectivity index (χ4v) is 3.38. The van der Waals surface area contributed by atoms with Crippen molar-refractivity contribution in [3.05, 3.63) is 60.2 Å². The van der Waals surface area contributed by atoms with Crippen molar-refractivity contribution in [1.29, 1.82) is 0 Å². The lowest BCUT2D eigenvalue weighted by atomic mass is 10.2. The first-order valence-electron chi connectivity index (χ1n) is 9.53. The lowest BCUT2D eigenvalue weighted by Gasteiger charge is -2.35. The van der Waals surface area contributed by atoms with Gasteiger partial charge >= 0.3 is 0 Å². The zero-order chi connectivity index (χ0) is 19.9. The minimum absolute atomic E-state index is 0.0228. The smallest absolute Gasteiger partial charge is 0.242 e. The Labute approximate surface area is 166 Å². The summed E-state index contributed by atoms with van der Waals surface area (Å²) in [6.07, 6.45) is 0. The average molecular weight is 381 g/mol. The summed E-state index contributed by atoms with van der Waals surface area (Å²) >= 11 is 0. The fourth-order valence-electron chi connectivity index (χ4n) is 3.38. The lowest BCUT2D eigenvalue weighted by molar-refractivity contribution is -0.132. The normalized spacial score (nSPS) is 14.6. The van der Waals surface area contributed by atoms with E-state index in [1.807, 2.05) is 23.1 Å². The molecule has 3 rings (SSSR count). The highest BCUT2D eigenvalue weighted by Gasteiger charge is 2.24. The van der Waals surface area contributed by atoms with E-state index in [1.165, 1.54) is 17.4 Å². The second-order valence-corrected chi connectivity index (χ2v) is 6.95. The third-order valence-electron chi connectivity index (χ3n) is 5.03. The zero-order valence-corrected chi connectivity index (χ0v) is 16.5. The first-order valence-corrected chi connectivity index (χ1v) is 9.53. The van der Waals surface area contributed by atoms with Crippen molar-refractivity contribution in [1.82, 2.24) is 9.80 Å². The van der Waals surface area contributed by atoms with Crippen LogP contribution in [0.15, 0.2) is 54.6 Å². The summed E-state index contributed by atoms with van der Waals surface area (Å²) in [6.45, 7) is 5.47. The lowest BCUT2D eigenvalue weighted by Crippen LogP contribution is -2.51. The Morgan fingerprint density at radius 3 is 2.18 bits per heavy atom. The van der Waals surface area contributed by atoms with Gasteiger partial charge in [-0.15, -0.1) is 0 Å². The molecule has 0 bridgehead atoms. The number of benzene rings is 2. The van der Waals surface area contributed by atoms with Crippen molar-refractivity contribution < 1.29 is 14.3 Å². The summed E-state index contributed by atoms with van der Waals surface area (Å²) in [6, 6.07) is 17.5. The molecule has 1 aliphatic rings. The number of piperazine rings is 1. The molecule has 0 unspecified atom stereocenters. The van der Waals surface area contributed by atoms with Crippen molar-refractivity contribution in [2.45, 2.75) is 13.5 Å². The molecule has 1 saturated heterocycles. The Morgan fingerprint density at radius 2 is 1.61 bits per heavy atom. The van der Waals surface area contributed by atoms with Gasteiger partial charge in [-0.05, 0) is 29.8 Å². The number of amides is 2. The fraction of sp³-hybridized carbons (Fsp3) is 0.364. The van der Waals surface area contributed by atoms with Crippen molar-refractivity contribution >= 4 is 17.5 Å². The van der Waals surface area contributed by atoms with Crippen molar-refractivity contribution in [2.24, 2.45) is 0 Å². The minimum atomic E-state index is -0.152. The largest absolute Gasteiger partial charge is 0.497 e. The van der Waals surface area contributed by atoms with Crippen molar-refractivity contribution in [3.63, 3.8) is 0 Å². The maximum absolute atomic E-state index is 12.8. The average Bonchev–Trinajstić information content (AvgIpc) is 2.73. The molecule has 0 saturated carbocycles. The topological polar surface area (TPSA) is 53.1 Å². The molecule has 0 aliphatic carbocycles. The molecule has 2 aromatic rings. The van der Waals surface area contributed by atoms with E-state index in [4.69, 9.17) is 4.74 Å². The van der Waals surface area contributed by atoms with Crippen LogP contribution in [0.2, 0.25) is 0 Å². The van der Waals surface area contributed by atoms with Gasteiger partial charge in [0.05, 0.1) is 7.11 Å². The van der Waals surface area contributed by atoms with Gasteiger partial charge in [0.25, 0.3) is 0 Å². The van der Waals surface area contributed by atoms with Crippen LogP contribution in [0.25, 0.3) is 0 Å². The van der Waals surface area contributed by atoms with E-state index in [2.05, 4.69) is 17.0 Å². The van der Waals surface area contributed by atoms with Gasteiger partial charge in [0.1, 0.15) is 12.3 Å². The van der Waals surface area contributed by atoms with E-state index in [9.17, 15) is 9.59 Å². The van der Waals surface area contributed by atoms with E-state index in [0.29, 0.717) is 24.5 Å². The monoisotopic (exact) mass is 381 g/mol. The standard InChI is InChI=1S/C22H27N3O3/c1-18(26)25(20-8-10-21(28-2)11-9-20)17-22(27)24-14-12-23(13-15-24)16-19-6-4-3-5-7-19/h3-11H,12-17H2,1-2H3. The van der Waals surface area contributed by atoms with E-state index in [1.54, 1.807) is 31.4 Å². The van der Waals surface area contributed by atoms with Crippen LogP contribution in [-0.2, 0) is 16.1 Å². The van der Waals surface area contributed by atoms with Gasteiger partial charge in [0.15, 0.2) is 0 Å². The summed E-state index contributed by atoms with van der Waals surface area (Å²) in [4.78, 5) is 30.6. The highest BCUT2D eigenvalue weighted by Crippen LogP contribution is 2.20. The Kier molecular flexibility index (Phi) is 6.66. The molecule has 1 fully saturated rings. The van der Waals surface area contributed by atoms with Gasteiger partial charge in [-0.3, -0.25) is 14.5 Å². The minimum Gasteiger partial charge on any atom is -0.497 e. The molecule has 0 radical (unpaired) electrons. The van der Waals surface area contributed by atoms with Crippen LogP contribution >= 0.6 is 0 Å². The van der Waals surface area contributed by atoms with Crippen LogP contribution in [0.3, 0.4) is 0 Å². The molecule has 0 aromatic heterocycles. The van der Waals surface area contributed by atoms with Crippen LogP contribution in [-0.4, -0.2) is 61.4 Å². The van der Waals surface area contributed by atoms with Gasteiger partial charge in [-0.25, -0.2) is 0 Å². The van der Waals surface area contributed by atoms with E-state index in [0.717, 1.165) is 19.6 Å². The summed E-state index contributed by atoms with van der Waals surface area (Å²) in [5, 5.41) is 0. The van der Waals surface area contributed by atoms with E-state index in [-0.39, 0.29) is 18.4 Å². The molecule has 0 spiro atoms. The number of hydrogen-bond donors (Lipinski definition) is 0. The van der Waals surface area contributed by atoms with Crippen LogP contribution in [0.5, 0.6) is 5.75 Å². The third kappa shape index (κ3) is 5.10. The highest BCUT2D eigenvalue weighted by molar-refractivity contribution is 5.97. The molecular formula is C22H27N3O3. The number of carbonyl (C=O) groups excluding carboxylic acids is 2. The number of hydrogen-bond acceptors (Lipinski definition) is 4. The van der Waals surface area contributed by atoms with Crippen LogP contribution < -0.4 is 9.64 Å². The number of rotatable bonds is 6. The Hall–Kier alpha value is -2.86. The predicted octanol–water partition coefficient (Wildman–Crippen LogP) is 2.39. The Balaban J connectivity index is 1.55. The summed E-state index contributed by atoms with van der Waals surface area (Å²) in [5.74, 6) is 0.541. The molecule has 2 aromatic carbocycles. The van der Waals surface area contributed by atoms with E-state index < -0.39 is 0 Å². The molecular weight excluding hydrogens is 354 g/mol. The third-order valence-corrected chi connectivity index (χ3v) is 5.03. The maximum Gasteiger partial charge on any atom is 0.242 e. The van der Waals surface area contributed by atoms with Crippen LogP contribution in [0.4, 0.5) is 5.69 Å². The highest BCUT2D eigenvalue weighted by atomic mass is 16.5. The van der Waals surface area contributed by atoms with Crippen LogP contribution in [0, 0.1) is 0 Å². The van der Waals surface area contributed by atoms with Gasteiger partial charge < -0.3 is 14.5 Å². The summed E-state index contributed by atoms with van der Waals surface area (Å²) in [5.41, 5.74) is 1.98. The molecule has 2 amide bonds. The number of anilines is 1. The molecule has 6 nitrogen and oxygen atoms in total. The predicted molar refractivity (Wildman–Crippen MR) is 109 cm³/mol. The SMILES string of the molecule is COc1ccc(N(CC(=O)N2CCN(Cc3ccccc3)CC2)C(C)=O)cc1. The van der Waals surface area contributed by atoms with Gasteiger partial charge in [-0.1, -0.05) is 30.3 Å². The van der Waals surface area contributed by atoms with Crippen molar-refractivity contribution in [2.75, 3.05) is 44.7 Å². The molecule has 1 heterocycles. The summed E-state index contributed by atoms with van der Waals surface area (Å²) < 4.78 is 5.16. The number of nitrogens with zero attached hydrogens (tertiary/aromatic N) is 3. The first kappa shape index (κ1) is 19.9. The molecule has 0 N–H and O–H groups in total. The molecule has 28 heavy (non-hydrogen) atoms. The van der Waals surface area contributed by atoms with Crippen LogP contribution in [0.1, 0.15) is 12.5 Å². The van der Waals surface area contributed by atoms with Gasteiger partial charge in [0, 0.05) is 45.3 Å². The van der Waals surface area contributed by atoms with E-state index >= 15 is 0 Å². The van der Waals surface area contributed by atoms with Crippen molar-refractivity contribution in [3.8, 4) is 5.75 Å². The van der Waals surface area contributed by atoms with Gasteiger partial charge in [-0.2, -0.15) is 0 Å². The second-order valence-electron chi connectivity index (χ2n) is 6.95. The quantitative estimate of drug-likeness (QED) is 0.771. The van der Waals surface area contributed by atoms with Gasteiger partial charge in [0.2, 0.25) is 11.8 Å². The number of methoxy groups -OCH3 is 1. The Bertz CT molecular complexity index is 784. The first-order chi connectivity index (χ1) is 13.6. The molecule has 6 heteroatoms. The Morgan fingerprint density at radius 1 is 0.964 bits per heavy atom. The number of carbonyl (C=O) groups is 2. The molecule has 148 valence electrons. The molecule has 1 aliphatic heterocycles. The maximum atomic E-state index is 12.8. The second kappa shape index (κ2) is 9.37. The molecule has 0 atom stereocenters. The zero-order valence-electron chi connectivity index (χ0n) is 16.5.